The summed E-state index contributed by atoms with van der Waals surface area (Å²) < 4.78 is 12.2. The summed E-state index contributed by atoms with van der Waals surface area (Å²) >= 11 is 0. The summed E-state index contributed by atoms with van der Waals surface area (Å²) in [6, 6.07) is 17.1. The Labute approximate surface area is 218 Å². The number of benzene rings is 3. The van der Waals surface area contributed by atoms with Crippen LogP contribution >= 0.6 is 0 Å². The molecule has 0 saturated heterocycles. The Balaban J connectivity index is 1.45. The van der Waals surface area contributed by atoms with Crippen molar-refractivity contribution in [2.24, 2.45) is 0 Å². The first-order valence-electron chi connectivity index (χ1n) is 12.5. The number of likely N-dealkylation sites (N-methyl/N-ethyl adjacent to an activating group) is 1. The van der Waals surface area contributed by atoms with Gasteiger partial charge in [-0.2, -0.15) is 0 Å². The highest BCUT2D eigenvalue weighted by Crippen LogP contribution is 2.32. The molecule has 1 heterocycles. The number of hydrogen-bond donors (Lipinski definition) is 2. The third-order valence-electron chi connectivity index (χ3n) is 6.58. The Morgan fingerprint density at radius 1 is 1.11 bits per heavy atom. The zero-order valence-electron chi connectivity index (χ0n) is 22.0. The van der Waals surface area contributed by atoms with Crippen molar-refractivity contribution in [2.75, 3.05) is 30.4 Å². The molecule has 7 heteroatoms. The first kappa shape index (κ1) is 26.1. The first-order valence-corrected chi connectivity index (χ1v) is 12.5. The first-order chi connectivity index (χ1) is 17.6. The van der Waals surface area contributed by atoms with Crippen LogP contribution in [-0.4, -0.2) is 43.3 Å². The maximum Gasteiger partial charge on any atom is 0.307 e. The van der Waals surface area contributed by atoms with Crippen LogP contribution in [0.5, 0.6) is 11.5 Å². The molecular weight excluding hydrogens is 468 g/mol. The third-order valence-corrected chi connectivity index (χ3v) is 6.58. The molecule has 7 nitrogen and oxygen atoms in total. The number of amides is 1. The molecule has 0 bridgehead atoms. The molecule has 0 fully saturated rings. The molecule has 1 atom stereocenters. The van der Waals surface area contributed by atoms with Gasteiger partial charge in [0.15, 0.2) is 0 Å². The van der Waals surface area contributed by atoms with Crippen LogP contribution in [0.15, 0.2) is 54.6 Å². The van der Waals surface area contributed by atoms with Crippen LogP contribution in [0, 0.1) is 13.8 Å². The summed E-state index contributed by atoms with van der Waals surface area (Å²) in [7, 11) is 2.04. The Morgan fingerprint density at radius 3 is 2.49 bits per heavy atom. The van der Waals surface area contributed by atoms with E-state index in [0.717, 1.165) is 34.7 Å². The second-order valence-corrected chi connectivity index (χ2v) is 9.92. The molecule has 0 radical (unpaired) electrons. The second kappa shape index (κ2) is 10.9. The third kappa shape index (κ3) is 6.05. The number of anilines is 2. The van der Waals surface area contributed by atoms with E-state index in [2.05, 4.69) is 10.2 Å². The van der Waals surface area contributed by atoms with Crippen molar-refractivity contribution in [3.8, 4) is 11.5 Å². The Hall–Kier alpha value is -4.00. The standard InChI is InChI=1S/C30H34N2O5/c1-18(2)25-11-10-22(14-21(25)15-28(33)34)31-30(35)29-19(3)12-23(13-20(29)4)36-17-24-16-32(5)26-8-6-7-9-27(26)37-24/h6-14,18,24H,15-17H2,1-5H3,(H,31,35)(H,33,34)/t24-/m0/s1. The second-order valence-electron chi connectivity index (χ2n) is 9.92. The monoisotopic (exact) mass is 502 g/mol. The van der Waals surface area contributed by atoms with Crippen molar-refractivity contribution in [1.29, 1.82) is 0 Å². The zero-order valence-corrected chi connectivity index (χ0v) is 22.0. The lowest BCUT2D eigenvalue weighted by Crippen LogP contribution is -2.41. The smallest absolute Gasteiger partial charge is 0.307 e. The van der Waals surface area contributed by atoms with Gasteiger partial charge in [0.05, 0.1) is 18.7 Å². The van der Waals surface area contributed by atoms with Crippen LogP contribution in [0.3, 0.4) is 0 Å². The largest absolute Gasteiger partial charge is 0.490 e. The van der Waals surface area contributed by atoms with Crippen molar-refractivity contribution in [2.45, 2.75) is 46.1 Å². The van der Waals surface area contributed by atoms with Gasteiger partial charge in [-0.3, -0.25) is 9.59 Å². The number of fused-ring (bicyclic) bond motifs is 1. The minimum absolute atomic E-state index is 0.0899. The molecule has 0 unspecified atom stereocenters. The molecule has 194 valence electrons. The van der Waals surface area contributed by atoms with Gasteiger partial charge < -0.3 is 24.8 Å². The number of carboxylic acids is 1. The van der Waals surface area contributed by atoms with Crippen molar-refractivity contribution in [1.82, 2.24) is 0 Å². The van der Waals surface area contributed by atoms with Crippen molar-refractivity contribution >= 4 is 23.3 Å². The van der Waals surface area contributed by atoms with Crippen molar-refractivity contribution in [3.63, 3.8) is 0 Å². The van der Waals surface area contributed by atoms with Crippen molar-refractivity contribution in [3.05, 3.63) is 82.4 Å². The molecule has 37 heavy (non-hydrogen) atoms. The molecule has 3 aromatic carbocycles. The average molecular weight is 503 g/mol. The van der Waals surface area contributed by atoms with Gasteiger partial charge in [0.2, 0.25) is 0 Å². The highest BCUT2D eigenvalue weighted by atomic mass is 16.5. The molecule has 3 aromatic rings. The van der Waals surface area contributed by atoms with E-state index in [9.17, 15) is 14.7 Å². The highest BCUT2D eigenvalue weighted by molar-refractivity contribution is 6.06. The summed E-state index contributed by atoms with van der Waals surface area (Å²) in [5, 5.41) is 12.2. The van der Waals surface area contributed by atoms with E-state index >= 15 is 0 Å². The molecule has 0 saturated carbocycles. The fourth-order valence-electron chi connectivity index (χ4n) is 4.89. The lowest BCUT2D eigenvalue weighted by molar-refractivity contribution is -0.136. The molecule has 0 aliphatic carbocycles. The number of para-hydroxylation sites is 2. The SMILES string of the molecule is Cc1cc(OC[C@@H]2CN(C)c3ccccc3O2)cc(C)c1C(=O)Nc1ccc(C(C)C)c(CC(=O)O)c1. The fourth-order valence-corrected chi connectivity index (χ4v) is 4.89. The van der Waals surface area contributed by atoms with Gasteiger partial charge in [-0.1, -0.05) is 32.0 Å². The number of ether oxygens (including phenoxy) is 2. The van der Waals surface area contributed by atoms with Gasteiger partial charge in [-0.25, -0.2) is 0 Å². The van der Waals surface area contributed by atoms with Gasteiger partial charge in [-0.15, -0.1) is 0 Å². The maximum atomic E-state index is 13.2. The minimum atomic E-state index is -0.901. The number of nitrogens with one attached hydrogen (secondary N) is 1. The number of aryl methyl sites for hydroxylation is 2. The van der Waals surface area contributed by atoms with E-state index in [1.165, 1.54) is 0 Å². The number of rotatable bonds is 8. The summed E-state index contributed by atoms with van der Waals surface area (Å²) in [4.78, 5) is 26.7. The maximum absolute atomic E-state index is 13.2. The van der Waals surface area contributed by atoms with Crippen LogP contribution in [0.1, 0.15) is 52.4 Å². The summed E-state index contributed by atoms with van der Waals surface area (Å²) in [6.07, 6.45) is -0.203. The van der Waals surface area contributed by atoms with E-state index in [1.54, 1.807) is 6.07 Å². The van der Waals surface area contributed by atoms with E-state index < -0.39 is 5.97 Å². The predicted octanol–water partition coefficient (Wildman–Crippen LogP) is 5.58. The number of carboxylic acid groups (broad SMARTS) is 1. The number of carbonyl (C=O) groups is 2. The lowest BCUT2D eigenvalue weighted by Gasteiger charge is -2.33. The van der Waals surface area contributed by atoms with Crippen LogP contribution in [-0.2, 0) is 11.2 Å². The summed E-state index contributed by atoms with van der Waals surface area (Å²) in [5.41, 5.74) is 5.47. The zero-order chi connectivity index (χ0) is 26.7. The molecular formula is C30H34N2O5. The average Bonchev–Trinajstić information content (AvgIpc) is 2.82. The van der Waals surface area contributed by atoms with E-state index in [1.807, 2.05) is 83.3 Å². The Bertz CT molecular complexity index is 1290. The Morgan fingerprint density at radius 2 is 1.81 bits per heavy atom. The van der Waals surface area contributed by atoms with Crippen LogP contribution in [0.4, 0.5) is 11.4 Å². The van der Waals surface area contributed by atoms with E-state index in [4.69, 9.17) is 9.47 Å². The molecule has 4 rings (SSSR count). The number of nitrogens with zero attached hydrogens (tertiary/aromatic N) is 1. The van der Waals surface area contributed by atoms with Crippen LogP contribution in [0.25, 0.3) is 0 Å². The quantitative estimate of drug-likeness (QED) is 0.418. The number of hydrogen-bond acceptors (Lipinski definition) is 5. The van der Waals surface area contributed by atoms with Gasteiger partial charge in [-0.05, 0) is 78.4 Å². The molecule has 1 aliphatic rings. The molecule has 1 aliphatic heterocycles. The van der Waals surface area contributed by atoms with Crippen LogP contribution < -0.4 is 19.7 Å². The van der Waals surface area contributed by atoms with Gasteiger partial charge in [0, 0.05) is 18.3 Å². The molecule has 1 amide bonds. The number of aliphatic carboxylic acids is 1. The summed E-state index contributed by atoms with van der Waals surface area (Å²) in [5.74, 6) is 0.570. The van der Waals surface area contributed by atoms with Crippen LogP contribution in [0.2, 0.25) is 0 Å². The van der Waals surface area contributed by atoms with E-state index in [0.29, 0.717) is 29.2 Å². The normalized spacial score (nSPS) is 14.6. The van der Waals surface area contributed by atoms with Gasteiger partial charge in [0.1, 0.15) is 24.2 Å². The molecule has 2 N–H and O–H groups in total. The highest BCUT2D eigenvalue weighted by Gasteiger charge is 2.24. The lowest BCUT2D eigenvalue weighted by atomic mass is 9.94. The summed E-state index contributed by atoms with van der Waals surface area (Å²) in [6.45, 7) is 8.91. The van der Waals surface area contributed by atoms with E-state index in [-0.39, 0.29) is 24.3 Å². The predicted molar refractivity (Wildman–Crippen MR) is 145 cm³/mol. The molecule has 0 spiro atoms. The topological polar surface area (TPSA) is 88.1 Å². The van der Waals surface area contributed by atoms with Gasteiger partial charge in [0.25, 0.3) is 5.91 Å². The molecule has 0 aromatic heterocycles. The Kier molecular flexibility index (Phi) is 7.71. The minimum Gasteiger partial charge on any atom is -0.490 e. The fraction of sp³-hybridized carbons (Fsp3) is 0.333. The van der Waals surface area contributed by atoms with Gasteiger partial charge >= 0.3 is 5.97 Å². The number of carbonyl (C=O) groups excluding carboxylic acids is 1. The van der Waals surface area contributed by atoms with Crippen molar-refractivity contribution < 1.29 is 24.2 Å².